The SMILES string of the molecule is COc1ccccc1C1=CN(S(=O)(=O)c2ccc(C)cc2)C2N=CC(B3OC(C)(C)C(C)(C)O3)=CC12. The van der Waals surface area contributed by atoms with Crippen molar-refractivity contribution >= 4 is 28.9 Å². The van der Waals surface area contributed by atoms with Gasteiger partial charge in [0.25, 0.3) is 10.0 Å². The number of fused-ring (bicyclic) bond motifs is 1. The fourth-order valence-electron chi connectivity index (χ4n) is 4.66. The second kappa shape index (κ2) is 8.61. The van der Waals surface area contributed by atoms with Crippen LogP contribution in [0.4, 0.5) is 0 Å². The Hall–Kier alpha value is -2.88. The summed E-state index contributed by atoms with van der Waals surface area (Å²) in [5.74, 6) is 0.317. The minimum Gasteiger partial charge on any atom is -0.496 e. The van der Waals surface area contributed by atoms with Crippen LogP contribution in [0.2, 0.25) is 0 Å². The van der Waals surface area contributed by atoms with Gasteiger partial charge in [-0.3, -0.25) is 4.99 Å². The number of aryl methyl sites for hydroxylation is 1. The van der Waals surface area contributed by atoms with E-state index in [0.29, 0.717) is 5.75 Å². The van der Waals surface area contributed by atoms with Gasteiger partial charge < -0.3 is 14.0 Å². The van der Waals surface area contributed by atoms with E-state index in [2.05, 4.69) is 0 Å². The quantitative estimate of drug-likeness (QED) is 0.553. The molecule has 5 rings (SSSR count). The Kier molecular flexibility index (Phi) is 5.93. The first kappa shape index (κ1) is 24.8. The van der Waals surface area contributed by atoms with Crippen molar-refractivity contribution < 1.29 is 22.5 Å². The lowest BCUT2D eigenvalue weighted by Crippen LogP contribution is -2.41. The van der Waals surface area contributed by atoms with E-state index in [0.717, 1.165) is 22.2 Å². The third-order valence-corrected chi connectivity index (χ3v) is 9.24. The zero-order valence-electron chi connectivity index (χ0n) is 21.4. The summed E-state index contributed by atoms with van der Waals surface area (Å²) in [5, 5.41) is 0. The first-order valence-corrected chi connectivity index (χ1v) is 13.4. The number of dihydropyridines is 1. The van der Waals surface area contributed by atoms with Crippen LogP contribution < -0.4 is 4.74 Å². The molecule has 0 bridgehead atoms. The molecule has 1 saturated heterocycles. The van der Waals surface area contributed by atoms with Gasteiger partial charge in [0.1, 0.15) is 11.9 Å². The number of rotatable bonds is 5. The summed E-state index contributed by atoms with van der Waals surface area (Å²) in [6.45, 7) is 9.93. The van der Waals surface area contributed by atoms with Gasteiger partial charge in [-0.2, -0.15) is 0 Å². The Bertz CT molecular complexity index is 1360. The first-order valence-electron chi connectivity index (χ1n) is 12.0. The zero-order valence-corrected chi connectivity index (χ0v) is 22.2. The Morgan fingerprint density at radius 3 is 2.28 bits per heavy atom. The van der Waals surface area contributed by atoms with Crippen LogP contribution in [0.15, 0.2) is 76.2 Å². The monoisotopic (exact) mass is 506 g/mol. The van der Waals surface area contributed by atoms with Gasteiger partial charge >= 0.3 is 7.12 Å². The third kappa shape index (κ3) is 3.99. The van der Waals surface area contributed by atoms with Crippen molar-refractivity contribution in [3.8, 4) is 5.75 Å². The molecule has 36 heavy (non-hydrogen) atoms. The highest BCUT2D eigenvalue weighted by Crippen LogP contribution is 2.46. The summed E-state index contributed by atoms with van der Waals surface area (Å²) >= 11 is 0. The minimum absolute atomic E-state index is 0.223. The van der Waals surface area contributed by atoms with E-state index < -0.39 is 34.5 Å². The topological polar surface area (TPSA) is 77.4 Å². The summed E-state index contributed by atoms with van der Waals surface area (Å²) < 4.78 is 47.0. The highest BCUT2D eigenvalue weighted by molar-refractivity contribution is 7.89. The molecule has 7 nitrogen and oxygen atoms in total. The molecule has 0 saturated carbocycles. The molecule has 2 aromatic rings. The number of hydrogen-bond donors (Lipinski definition) is 0. The smallest absolute Gasteiger partial charge is 0.496 e. The molecule has 3 heterocycles. The standard InChI is InChI=1S/C27H31BN2O5S/c1-18-11-13-20(14-12-18)36(31,32)30-17-23(21-9-7-8-10-24(21)33-6)22-15-19(16-29-25(22)30)28-34-26(2,3)27(4,5)35-28/h7-17,22,25H,1-6H3. The van der Waals surface area contributed by atoms with E-state index in [-0.39, 0.29) is 10.8 Å². The summed E-state index contributed by atoms with van der Waals surface area (Å²) in [4.78, 5) is 4.96. The van der Waals surface area contributed by atoms with E-state index in [1.165, 1.54) is 4.31 Å². The van der Waals surface area contributed by atoms with Crippen LogP contribution in [-0.2, 0) is 19.3 Å². The molecular formula is C27H31BN2O5S. The number of benzene rings is 2. The van der Waals surface area contributed by atoms with Gasteiger partial charge in [-0.05, 0) is 63.9 Å². The van der Waals surface area contributed by atoms with Crippen molar-refractivity contribution in [1.29, 1.82) is 0 Å². The number of hydrogen-bond acceptors (Lipinski definition) is 6. The maximum Gasteiger partial charge on any atom is 0.496 e. The zero-order chi connectivity index (χ0) is 25.9. The van der Waals surface area contributed by atoms with Gasteiger partial charge in [0.2, 0.25) is 0 Å². The van der Waals surface area contributed by atoms with E-state index in [1.54, 1.807) is 43.8 Å². The molecule has 0 aliphatic carbocycles. The van der Waals surface area contributed by atoms with Gasteiger partial charge in [0.15, 0.2) is 0 Å². The molecule has 3 aliphatic heterocycles. The molecule has 9 heteroatoms. The lowest BCUT2D eigenvalue weighted by molar-refractivity contribution is 0.00578. The molecule has 3 aliphatic rings. The fraction of sp³-hybridized carbons (Fsp3) is 0.370. The number of para-hydroxylation sites is 1. The number of methoxy groups -OCH3 is 1. The molecule has 0 N–H and O–H groups in total. The highest BCUT2D eigenvalue weighted by Gasteiger charge is 2.53. The Balaban J connectivity index is 1.59. The Labute approximate surface area is 213 Å². The van der Waals surface area contributed by atoms with Crippen molar-refractivity contribution in [1.82, 2.24) is 4.31 Å². The second-order valence-corrected chi connectivity index (χ2v) is 12.2. The van der Waals surface area contributed by atoms with Crippen molar-refractivity contribution in [3.05, 3.63) is 77.4 Å². The molecule has 1 fully saturated rings. The maximum absolute atomic E-state index is 13.7. The van der Waals surface area contributed by atoms with Crippen LogP contribution in [0, 0.1) is 12.8 Å². The number of nitrogens with zero attached hydrogens (tertiary/aromatic N) is 2. The highest BCUT2D eigenvalue weighted by atomic mass is 32.2. The van der Waals surface area contributed by atoms with Gasteiger partial charge in [-0.15, -0.1) is 0 Å². The van der Waals surface area contributed by atoms with Gasteiger partial charge in [0.05, 0.1) is 23.2 Å². The van der Waals surface area contributed by atoms with Crippen LogP contribution >= 0.6 is 0 Å². The van der Waals surface area contributed by atoms with E-state index in [1.807, 2.05) is 65.0 Å². The maximum atomic E-state index is 13.7. The lowest BCUT2D eigenvalue weighted by atomic mass is 9.74. The third-order valence-electron chi connectivity index (χ3n) is 7.50. The van der Waals surface area contributed by atoms with E-state index >= 15 is 0 Å². The van der Waals surface area contributed by atoms with Crippen LogP contribution in [0.1, 0.15) is 38.8 Å². The summed E-state index contributed by atoms with van der Waals surface area (Å²) in [6, 6.07) is 14.5. The molecule has 2 atom stereocenters. The normalized spacial score (nSPS) is 24.4. The molecule has 188 valence electrons. The van der Waals surface area contributed by atoms with Gasteiger partial charge in [-0.1, -0.05) is 42.0 Å². The predicted molar refractivity (Wildman–Crippen MR) is 141 cm³/mol. The first-order chi connectivity index (χ1) is 16.9. The van der Waals surface area contributed by atoms with Crippen LogP contribution in [0.25, 0.3) is 5.57 Å². The lowest BCUT2D eigenvalue weighted by Gasteiger charge is -2.32. The summed E-state index contributed by atoms with van der Waals surface area (Å²) in [7, 11) is -2.84. The minimum atomic E-state index is -3.85. The van der Waals surface area contributed by atoms with Crippen molar-refractivity contribution in [2.45, 2.75) is 56.9 Å². The molecular weight excluding hydrogens is 475 g/mol. The van der Waals surface area contributed by atoms with Crippen LogP contribution in [0.5, 0.6) is 5.75 Å². The number of ether oxygens (including phenoxy) is 1. The molecule has 0 spiro atoms. The molecule has 2 unspecified atom stereocenters. The predicted octanol–water partition coefficient (Wildman–Crippen LogP) is 4.63. The second-order valence-electron chi connectivity index (χ2n) is 10.4. The van der Waals surface area contributed by atoms with Crippen molar-refractivity contribution in [2.24, 2.45) is 10.9 Å². The van der Waals surface area contributed by atoms with Gasteiger partial charge in [0, 0.05) is 23.9 Å². The summed E-state index contributed by atoms with van der Waals surface area (Å²) in [5.41, 5.74) is 2.38. The van der Waals surface area contributed by atoms with Gasteiger partial charge in [-0.25, -0.2) is 12.7 Å². The number of aliphatic imine (C=N–C) groups is 1. The van der Waals surface area contributed by atoms with Crippen LogP contribution in [0.3, 0.4) is 0 Å². The number of sulfonamides is 1. The average molecular weight is 506 g/mol. The van der Waals surface area contributed by atoms with E-state index in [9.17, 15) is 8.42 Å². The largest absolute Gasteiger partial charge is 0.496 e. The van der Waals surface area contributed by atoms with E-state index in [4.69, 9.17) is 19.0 Å². The fourth-order valence-corrected chi connectivity index (χ4v) is 6.11. The van der Waals surface area contributed by atoms with Crippen LogP contribution in [-0.4, -0.2) is 50.5 Å². The van der Waals surface area contributed by atoms with Crippen molar-refractivity contribution in [3.63, 3.8) is 0 Å². The van der Waals surface area contributed by atoms with Crippen molar-refractivity contribution in [2.75, 3.05) is 7.11 Å². The Morgan fingerprint density at radius 1 is 1.00 bits per heavy atom. The molecule has 0 amide bonds. The molecule has 0 aromatic heterocycles. The number of allylic oxidation sites excluding steroid dienone is 1. The Morgan fingerprint density at radius 2 is 1.64 bits per heavy atom. The summed E-state index contributed by atoms with van der Waals surface area (Å²) in [6.07, 6.45) is 4.72. The molecule has 2 aromatic carbocycles. The molecule has 0 radical (unpaired) electrons. The average Bonchev–Trinajstić information content (AvgIpc) is 3.33.